The molecule has 4 rings (SSSR count). The number of thioether (sulfide) groups is 1. The Morgan fingerprint density at radius 1 is 1.19 bits per heavy atom. The van der Waals surface area contributed by atoms with Crippen molar-refractivity contribution in [2.75, 3.05) is 13.8 Å². The third-order valence-corrected chi connectivity index (χ3v) is 6.04. The molecule has 1 aliphatic carbocycles. The zero-order valence-electron chi connectivity index (χ0n) is 15.5. The molecule has 0 saturated heterocycles. The van der Waals surface area contributed by atoms with Gasteiger partial charge in [-0.3, -0.25) is 4.79 Å². The van der Waals surface area contributed by atoms with Crippen LogP contribution in [0.15, 0.2) is 27.8 Å². The Morgan fingerprint density at radius 3 is 2.78 bits per heavy atom. The molecule has 1 amide bonds. The summed E-state index contributed by atoms with van der Waals surface area (Å²) in [6.45, 7) is 2.11. The number of fused-ring (bicyclic) bond motifs is 1. The number of nitrogens with zero attached hydrogens (tertiary/aromatic N) is 3. The first-order valence-corrected chi connectivity index (χ1v) is 10.2. The van der Waals surface area contributed by atoms with Gasteiger partial charge < -0.3 is 18.8 Å². The van der Waals surface area contributed by atoms with Gasteiger partial charge in [-0.15, -0.1) is 10.2 Å². The van der Waals surface area contributed by atoms with Crippen LogP contribution in [0.4, 0.5) is 0 Å². The molecule has 2 aromatic rings. The summed E-state index contributed by atoms with van der Waals surface area (Å²) in [5.41, 5.74) is 0.761. The fourth-order valence-corrected chi connectivity index (χ4v) is 4.32. The smallest absolute Gasteiger partial charge is 0.277 e. The van der Waals surface area contributed by atoms with Crippen molar-refractivity contribution in [3.8, 4) is 23.0 Å². The SMILES string of the molecule is CC(Sc1nnc(-c2ccc3c(c2)OCO3)o1)C(=O)N(C)C1CCCCC1. The summed E-state index contributed by atoms with van der Waals surface area (Å²) < 4.78 is 16.4. The first kappa shape index (κ1) is 18.2. The number of aromatic nitrogens is 2. The third-order valence-electron chi connectivity index (χ3n) is 5.12. The van der Waals surface area contributed by atoms with Gasteiger partial charge in [-0.25, -0.2) is 0 Å². The maximum absolute atomic E-state index is 12.7. The largest absolute Gasteiger partial charge is 0.454 e. The van der Waals surface area contributed by atoms with E-state index in [0.717, 1.165) is 18.4 Å². The predicted octanol–water partition coefficient (Wildman–Crippen LogP) is 3.74. The molecule has 2 aliphatic rings. The summed E-state index contributed by atoms with van der Waals surface area (Å²) >= 11 is 1.30. The van der Waals surface area contributed by atoms with E-state index in [2.05, 4.69) is 10.2 Å². The Morgan fingerprint density at radius 2 is 1.96 bits per heavy atom. The van der Waals surface area contributed by atoms with Crippen LogP contribution in [0.2, 0.25) is 0 Å². The number of amides is 1. The van der Waals surface area contributed by atoms with E-state index in [1.54, 1.807) is 0 Å². The fourth-order valence-electron chi connectivity index (χ4n) is 3.54. The standard InChI is InChI=1S/C19H23N3O4S/c1-12(18(23)22(2)14-6-4-3-5-7-14)27-19-21-20-17(26-19)13-8-9-15-16(10-13)25-11-24-15/h8-10,12,14H,3-7,11H2,1-2H3. The Labute approximate surface area is 162 Å². The number of benzene rings is 1. The Hall–Kier alpha value is -2.22. The first-order valence-electron chi connectivity index (χ1n) is 9.28. The molecule has 1 atom stereocenters. The third kappa shape index (κ3) is 3.90. The monoisotopic (exact) mass is 389 g/mol. The molecule has 8 heteroatoms. The number of rotatable bonds is 5. The van der Waals surface area contributed by atoms with Crippen molar-refractivity contribution in [2.45, 2.75) is 55.5 Å². The average Bonchev–Trinajstić information content (AvgIpc) is 3.36. The van der Waals surface area contributed by atoms with E-state index in [1.165, 1.54) is 31.0 Å². The highest BCUT2D eigenvalue weighted by molar-refractivity contribution is 8.00. The van der Waals surface area contributed by atoms with Gasteiger partial charge in [-0.05, 0) is 38.0 Å². The van der Waals surface area contributed by atoms with Crippen LogP contribution in [0.3, 0.4) is 0 Å². The molecule has 2 heterocycles. The van der Waals surface area contributed by atoms with E-state index in [0.29, 0.717) is 28.7 Å². The first-order chi connectivity index (χ1) is 13.1. The van der Waals surface area contributed by atoms with Gasteiger partial charge >= 0.3 is 0 Å². The summed E-state index contributed by atoms with van der Waals surface area (Å²) in [6.07, 6.45) is 5.86. The molecule has 1 fully saturated rings. The average molecular weight is 389 g/mol. The van der Waals surface area contributed by atoms with Crippen molar-refractivity contribution in [1.82, 2.24) is 15.1 Å². The van der Waals surface area contributed by atoms with E-state index < -0.39 is 0 Å². The molecule has 1 aliphatic heterocycles. The van der Waals surface area contributed by atoms with Gasteiger partial charge in [0.25, 0.3) is 5.22 Å². The summed E-state index contributed by atoms with van der Waals surface area (Å²) in [4.78, 5) is 14.6. The Bertz CT molecular complexity index is 819. The predicted molar refractivity (Wildman–Crippen MR) is 101 cm³/mol. The Kier molecular flexibility index (Phi) is 5.24. The van der Waals surface area contributed by atoms with Crippen LogP contribution in [0.1, 0.15) is 39.0 Å². The van der Waals surface area contributed by atoms with Crippen molar-refractivity contribution in [1.29, 1.82) is 0 Å². The van der Waals surface area contributed by atoms with Gasteiger partial charge in [0.2, 0.25) is 18.6 Å². The quantitative estimate of drug-likeness (QED) is 0.721. The van der Waals surface area contributed by atoms with Gasteiger partial charge in [-0.2, -0.15) is 0 Å². The molecule has 1 aromatic heterocycles. The van der Waals surface area contributed by atoms with Crippen LogP contribution in [0.5, 0.6) is 11.5 Å². The Balaban J connectivity index is 1.40. The van der Waals surface area contributed by atoms with E-state index >= 15 is 0 Å². The molecular weight excluding hydrogens is 366 g/mol. The van der Waals surface area contributed by atoms with E-state index in [9.17, 15) is 4.79 Å². The number of hydrogen-bond donors (Lipinski definition) is 0. The molecule has 0 spiro atoms. The minimum absolute atomic E-state index is 0.106. The number of hydrogen-bond acceptors (Lipinski definition) is 7. The van der Waals surface area contributed by atoms with Crippen LogP contribution in [0, 0.1) is 0 Å². The van der Waals surface area contributed by atoms with E-state index in [1.807, 2.05) is 37.1 Å². The number of carbonyl (C=O) groups excluding carboxylic acids is 1. The topological polar surface area (TPSA) is 77.7 Å². The molecule has 0 bridgehead atoms. The van der Waals surface area contributed by atoms with Crippen molar-refractivity contribution in [2.24, 2.45) is 0 Å². The number of carbonyl (C=O) groups is 1. The second kappa shape index (κ2) is 7.80. The van der Waals surface area contributed by atoms with Gasteiger partial charge in [0, 0.05) is 18.7 Å². The lowest BCUT2D eigenvalue weighted by molar-refractivity contribution is -0.131. The van der Waals surface area contributed by atoms with Gasteiger partial charge in [-0.1, -0.05) is 31.0 Å². The zero-order chi connectivity index (χ0) is 18.8. The molecule has 0 radical (unpaired) electrons. The van der Waals surface area contributed by atoms with Crippen molar-refractivity contribution >= 4 is 17.7 Å². The second-order valence-electron chi connectivity index (χ2n) is 6.94. The lowest BCUT2D eigenvalue weighted by atomic mass is 9.94. The minimum atomic E-state index is -0.276. The van der Waals surface area contributed by atoms with Crippen LogP contribution in [0.25, 0.3) is 11.5 Å². The molecular formula is C19H23N3O4S. The summed E-state index contributed by atoms with van der Waals surface area (Å²) in [7, 11) is 1.90. The lowest BCUT2D eigenvalue weighted by Gasteiger charge is -2.32. The van der Waals surface area contributed by atoms with Crippen LogP contribution >= 0.6 is 11.8 Å². The van der Waals surface area contributed by atoms with E-state index in [-0.39, 0.29) is 18.0 Å². The summed E-state index contributed by atoms with van der Waals surface area (Å²) in [6, 6.07) is 5.83. The lowest BCUT2D eigenvalue weighted by Crippen LogP contribution is -2.42. The molecule has 0 N–H and O–H groups in total. The minimum Gasteiger partial charge on any atom is -0.454 e. The van der Waals surface area contributed by atoms with Crippen molar-refractivity contribution in [3.63, 3.8) is 0 Å². The molecule has 1 unspecified atom stereocenters. The molecule has 7 nitrogen and oxygen atoms in total. The van der Waals surface area contributed by atoms with Crippen molar-refractivity contribution in [3.05, 3.63) is 18.2 Å². The number of ether oxygens (including phenoxy) is 2. The molecule has 144 valence electrons. The maximum atomic E-state index is 12.7. The second-order valence-corrected chi connectivity index (χ2v) is 8.23. The molecule has 27 heavy (non-hydrogen) atoms. The highest BCUT2D eigenvalue weighted by Crippen LogP contribution is 2.36. The van der Waals surface area contributed by atoms with Gasteiger partial charge in [0.1, 0.15) is 0 Å². The summed E-state index contributed by atoms with van der Waals surface area (Å²) in [5, 5.41) is 8.30. The van der Waals surface area contributed by atoms with E-state index in [4.69, 9.17) is 13.9 Å². The van der Waals surface area contributed by atoms with Crippen LogP contribution < -0.4 is 9.47 Å². The molecule has 1 aromatic carbocycles. The highest BCUT2D eigenvalue weighted by Gasteiger charge is 2.27. The zero-order valence-corrected chi connectivity index (χ0v) is 16.3. The van der Waals surface area contributed by atoms with Gasteiger partial charge in [0.05, 0.1) is 5.25 Å². The summed E-state index contributed by atoms with van der Waals surface area (Å²) in [5.74, 6) is 1.88. The highest BCUT2D eigenvalue weighted by atomic mass is 32.2. The fraction of sp³-hybridized carbons (Fsp3) is 0.526. The van der Waals surface area contributed by atoms with Crippen LogP contribution in [-0.2, 0) is 4.79 Å². The maximum Gasteiger partial charge on any atom is 0.277 e. The van der Waals surface area contributed by atoms with Crippen LogP contribution in [-0.4, -0.2) is 46.1 Å². The van der Waals surface area contributed by atoms with Crippen molar-refractivity contribution < 1.29 is 18.7 Å². The normalized spacial score (nSPS) is 17.7. The molecule has 1 saturated carbocycles. The van der Waals surface area contributed by atoms with Gasteiger partial charge in [0.15, 0.2) is 11.5 Å².